The Bertz CT molecular complexity index is 596. The summed E-state index contributed by atoms with van der Waals surface area (Å²) in [5, 5.41) is 1.12. The van der Waals surface area contributed by atoms with Crippen molar-refractivity contribution in [1.82, 2.24) is 4.98 Å². The van der Waals surface area contributed by atoms with Gasteiger partial charge in [-0.1, -0.05) is 24.3 Å². The van der Waals surface area contributed by atoms with Gasteiger partial charge in [0.05, 0.1) is 11.2 Å². The molecule has 2 N–H and O–H groups in total. The van der Waals surface area contributed by atoms with Crippen molar-refractivity contribution in [2.45, 2.75) is 6.17 Å². The maximum Gasteiger partial charge on any atom is 0.101 e. The lowest BCUT2D eigenvalue weighted by molar-refractivity contribution is 0.812. The summed E-state index contributed by atoms with van der Waals surface area (Å²) in [6.07, 6.45) is 9.60. The first-order valence-electron chi connectivity index (χ1n) is 5.59. The molecule has 84 valence electrons. The van der Waals surface area contributed by atoms with Crippen LogP contribution in [0.25, 0.3) is 10.9 Å². The van der Waals surface area contributed by atoms with Crippen LogP contribution < -0.4 is 10.6 Å². The Kier molecular flexibility index (Phi) is 2.38. The van der Waals surface area contributed by atoms with Gasteiger partial charge >= 0.3 is 0 Å². The van der Waals surface area contributed by atoms with Crippen LogP contribution in [0.4, 0.5) is 5.69 Å². The Hall–Kier alpha value is -2.13. The minimum Gasteiger partial charge on any atom is -0.328 e. The van der Waals surface area contributed by atoms with E-state index in [2.05, 4.69) is 11.1 Å². The predicted octanol–water partition coefficient (Wildman–Crippen LogP) is 2.41. The van der Waals surface area contributed by atoms with Crippen LogP contribution >= 0.6 is 0 Å². The third-order valence-electron chi connectivity index (χ3n) is 2.89. The number of fused-ring (bicyclic) bond motifs is 1. The molecule has 1 aliphatic rings. The molecule has 2 aromatic rings. The van der Waals surface area contributed by atoms with Gasteiger partial charge in [0.25, 0.3) is 0 Å². The minimum atomic E-state index is -0.120. The highest BCUT2D eigenvalue weighted by atomic mass is 15.2. The first-order chi connectivity index (χ1) is 8.36. The summed E-state index contributed by atoms with van der Waals surface area (Å²) in [5.74, 6) is 0. The smallest absolute Gasteiger partial charge is 0.101 e. The van der Waals surface area contributed by atoms with E-state index in [4.69, 9.17) is 5.73 Å². The van der Waals surface area contributed by atoms with Gasteiger partial charge in [0, 0.05) is 17.8 Å². The lowest BCUT2D eigenvalue weighted by Crippen LogP contribution is -2.37. The molecular formula is C14H13N3. The summed E-state index contributed by atoms with van der Waals surface area (Å²) in [4.78, 5) is 6.40. The summed E-state index contributed by atoms with van der Waals surface area (Å²) in [5.41, 5.74) is 8.14. The van der Waals surface area contributed by atoms with Gasteiger partial charge in [-0.15, -0.1) is 0 Å². The van der Waals surface area contributed by atoms with Crippen molar-refractivity contribution in [3.05, 3.63) is 61.0 Å². The van der Waals surface area contributed by atoms with E-state index in [9.17, 15) is 0 Å². The molecule has 1 unspecified atom stereocenters. The maximum absolute atomic E-state index is 6.07. The van der Waals surface area contributed by atoms with E-state index in [-0.39, 0.29) is 6.17 Å². The number of pyridine rings is 1. The van der Waals surface area contributed by atoms with Crippen LogP contribution in [0.3, 0.4) is 0 Å². The summed E-state index contributed by atoms with van der Waals surface area (Å²) in [6, 6.07) is 10.1. The van der Waals surface area contributed by atoms with E-state index >= 15 is 0 Å². The highest BCUT2D eigenvalue weighted by molar-refractivity contribution is 5.92. The summed E-state index contributed by atoms with van der Waals surface area (Å²) >= 11 is 0. The number of benzene rings is 1. The number of aromatic nitrogens is 1. The third-order valence-corrected chi connectivity index (χ3v) is 2.89. The Morgan fingerprint density at radius 1 is 1.12 bits per heavy atom. The molecule has 3 nitrogen and oxygen atoms in total. The second-order valence-electron chi connectivity index (χ2n) is 3.97. The Morgan fingerprint density at radius 3 is 2.88 bits per heavy atom. The molecule has 0 fully saturated rings. The molecule has 0 radical (unpaired) electrons. The number of allylic oxidation sites excluding steroid dienone is 2. The van der Waals surface area contributed by atoms with Gasteiger partial charge in [-0.3, -0.25) is 4.98 Å². The zero-order valence-corrected chi connectivity index (χ0v) is 9.32. The highest BCUT2D eigenvalue weighted by Gasteiger charge is 2.14. The van der Waals surface area contributed by atoms with Crippen molar-refractivity contribution in [2.24, 2.45) is 5.73 Å². The summed E-state index contributed by atoms with van der Waals surface area (Å²) < 4.78 is 0. The molecule has 0 spiro atoms. The minimum absolute atomic E-state index is 0.120. The Morgan fingerprint density at radius 2 is 2.00 bits per heavy atom. The number of hydrogen-bond acceptors (Lipinski definition) is 3. The number of nitrogens with two attached hydrogens (primary N) is 1. The number of anilines is 1. The first-order valence-corrected chi connectivity index (χ1v) is 5.59. The fraction of sp³-hybridized carbons (Fsp3) is 0.0714. The van der Waals surface area contributed by atoms with E-state index in [0.717, 1.165) is 16.6 Å². The van der Waals surface area contributed by atoms with Crippen LogP contribution in [0.1, 0.15) is 0 Å². The topological polar surface area (TPSA) is 42.1 Å². The van der Waals surface area contributed by atoms with Gasteiger partial charge in [-0.25, -0.2) is 0 Å². The standard InChI is InChI=1S/C14H13N3/c15-14-7-3-4-10-17(14)13-8-9-16-12-6-2-1-5-11(12)13/h1-10,14H,15H2. The average molecular weight is 223 g/mol. The van der Waals surface area contributed by atoms with Crippen molar-refractivity contribution in [1.29, 1.82) is 0 Å². The fourth-order valence-electron chi connectivity index (χ4n) is 2.06. The molecule has 0 bridgehead atoms. The molecule has 2 heterocycles. The first kappa shape index (κ1) is 10.1. The average Bonchev–Trinajstić information content (AvgIpc) is 2.39. The van der Waals surface area contributed by atoms with Crippen LogP contribution in [0, 0.1) is 0 Å². The Balaban J connectivity index is 2.17. The Labute approximate surface area is 99.9 Å². The van der Waals surface area contributed by atoms with Gasteiger partial charge in [-0.05, 0) is 24.3 Å². The molecule has 17 heavy (non-hydrogen) atoms. The van der Waals surface area contributed by atoms with E-state index < -0.39 is 0 Å². The molecular weight excluding hydrogens is 210 g/mol. The predicted molar refractivity (Wildman–Crippen MR) is 70.5 cm³/mol. The maximum atomic E-state index is 6.07. The van der Waals surface area contributed by atoms with Crippen molar-refractivity contribution in [2.75, 3.05) is 4.90 Å². The van der Waals surface area contributed by atoms with Gasteiger partial charge in [0.15, 0.2) is 0 Å². The summed E-state index contributed by atoms with van der Waals surface area (Å²) in [6.45, 7) is 0. The number of para-hydroxylation sites is 1. The largest absolute Gasteiger partial charge is 0.328 e. The molecule has 1 aliphatic heterocycles. The number of rotatable bonds is 1. The molecule has 0 aliphatic carbocycles. The van der Waals surface area contributed by atoms with Crippen LogP contribution in [0.2, 0.25) is 0 Å². The third kappa shape index (κ3) is 1.70. The van der Waals surface area contributed by atoms with Crippen LogP contribution in [0.15, 0.2) is 61.0 Å². The summed E-state index contributed by atoms with van der Waals surface area (Å²) in [7, 11) is 0. The number of hydrogen-bond donors (Lipinski definition) is 1. The molecule has 3 rings (SSSR count). The highest BCUT2D eigenvalue weighted by Crippen LogP contribution is 2.27. The zero-order valence-electron chi connectivity index (χ0n) is 9.32. The van der Waals surface area contributed by atoms with Gasteiger partial charge < -0.3 is 10.6 Å². The number of nitrogens with zero attached hydrogens (tertiary/aromatic N) is 2. The van der Waals surface area contributed by atoms with Gasteiger partial charge in [0.1, 0.15) is 6.17 Å². The lowest BCUT2D eigenvalue weighted by atomic mass is 10.1. The van der Waals surface area contributed by atoms with Crippen molar-refractivity contribution in [3.63, 3.8) is 0 Å². The van der Waals surface area contributed by atoms with Crippen LogP contribution in [-0.4, -0.2) is 11.1 Å². The van der Waals surface area contributed by atoms with E-state index in [1.165, 1.54) is 0 Å². The van der Waals surface area contributed by atoms with Crippen molar-refractivity contribution >= 4 is 16.6 Å². The van der Waals surface area contributed by atoms with Crippen molar-refractivity contribution in [3.8, 4) is 0 Å². The monoisotopic (exact) mass is 223 g/mol. The molecule has 3 heteroatoms. The van der Waals surface area contributed by atoms with E-state index in [1.807, 2.05) is 59.8 Å². The fourth-order valence-corrected chi connectivity index (χ4v) is 2.06. The molecule has 0 amide bonds. The zero-order chi connectivity index (χ0) is 11.7. The van der Waals surface area contributed by atoms with Gasteiger partial charge in [-0.2, -0.15) is 0 Å². The van der Waals surface area contributed by atoms with Crippen LogP contribution in [-0.2, 0) is 0 Å². The van der Waals surface area contributed by atoms with Gasteiger partial charge in [0.2, 0.25) is 0 Å². The molecule has 1 aromatic heterocycles. The molecule has 1 aromatic carbocycles. The molecule has 0 saturated carbocycles. The lowest BCUT2D eigenvalue weighted by Gasteiger charge is -2.28. The van der Waals surface area contributed by atoms with E-state index in [0.29, 0.717) is 0 Å². The van der Waals surface area contributed by atoms with Crippen LogP contribution in [0.5, 0.6) is 0 Å². The molecule has 0 saturated heterocycles. The SMILES string of the molecule is NC1C=CC=CN1c1ccnc2ccccc12. The van der Waals surface area contributed by atoms with E-state index in [1.54, 1.807) is 0 Å². The second kappa shape index (κ2) is 4.03. The second-order valence-corrected chi connectivity index (χ2v) is 3.97. The quantitative estimate of drug-likeness (QED) is 0.807. The normalized spacial score (nSPS) is 18.9. The van der Waals surface area contributed by atoms with Crippen molar-refractivity contribution < 1.29 is 0 Å². The molecule has 1 atom stereocenters.